The Morgan fingerprint density at radius 2 is 1.77 bits per heavy atom. The predicted octanol–water partition coefficient (Wildman–Crippen LogP) is 3.80. The van der Waals surface area contributed by atoms with Gasteiger partial charge in [0, 0.05) is 18.9 Å². The van der Waals surface area contributed by atoms with Crippen LogP contribution in [0.5, 0.6) is 0 Å². The Balaban J connectivity index is 1.73. The van der Waals surface area contributed by atoms with Gasteiger partial charge in [-0.1, -0.05) is 18.2 Å². The van der Waals surface area contributed by atoms with Crippen LogP contribution in [0.4, 0.5) is 18.9 Å². The molecule has 31 heavy (non-hydrogen) atoms. The summed E-state index contributed by atoms with van der Waals surface area (Å²) in [6, 6.07) is 10.9. The molecule has 1 aromatic carbocycles. The minimum Gasteiger partial charge on any atom is -0.449 e. The number of amides is 1. The second kappa shape index (κ2) is 8.58. The van der Waals surface area contributed by atoms with Gasteiger partial charge in [-0.25, -0.2) is 14.5 Å². The highest BCUT2D eigenvalue weighted by molar-refractivity contribution is 5.98. The number of esters is 1. The first kappa shape index (κ1) is 22.0. The number of carbonyl (C=O) groups is 2. The van der Waals surface area contributed by atoms with Gasteiger partial charge in [0.1, 0.15) is 5.56 Å². The van der Waals surface area contributed by atoms with Crippen LogP contribution in [0.15, 0.2) is 54.9 Å². The molecule has 2 heterocycles. The number of pyridine rings is 1. The molecule has 0 aliphatic rings. The lowest BCUT2D eigenvalue weighted by atomic mass is 10.2. The molecule has 0 aliphatic heterocycles. The normalized spacial score (nSPS) is 12.3. The maximum atomic E-state index is 12.7. The van der Waals surface area contributed by atoms with Crippen molar-refractivity contribution >= 4 is 17.6 Å². The van der Waals surface area contributed by atoms with Gasteiger partial charge in [0.15, 0.2) is 11.9 Å². The van der Waals surface area contributed by atoms with E-state index in [9.17, 15) is 22.8 Å². The number of alkyl halides is 3. The van der Waals surface area contributed by atoms with Crippen molar-refractivity contribution in [2.24, 2.45) is 0 Å². The van der Waals surface area contributed by atoms with Crippen LogP contribution >= 0.6 is 0 Å². The number of hydrogen-bond acceptors (Lipinski definition) is 5. The van der Waals surface area contributed by atoms with Crippen molar-refractivity contribution in [1.29, 1.82) is 0 Å². The summed E-state index contributed by atoms with van der Waals surface area (Å²) in [6.45, 7) is 3.00. The smallest absolute Gasteiger partial charge is 0.417 e. The van der Waals surface area contributed by atoms with Crippen molar-refractivity contribution in [1.82, 2.24) is 14.8 Å². The summed E-state index contributed by atoms with van der Waals surface area (Å²) in [7, 11) is 1.57. The second-order valence-electron chi connectivity index (χ2n) is 6.74. The van der Waals surface area contributed by atoms with Gasteiger partial charge in [-0.05, 0) is 38.1 Å². The average Bonchev–Trinajstić information content (AvgIpc) is 3.14. The van der Waals surface area contributed by atoms with E-state index in [2.05, 4.69) is 10.1 Å². The maximum absolute atomic E-state index is 12.7. The maximum Gasteiger partial charge on any atom is 0.417 e. The number of aromatic nitrogens is 3. The monoisotopic (exact) mass is 432 g/mol. The topological polar surface area (TPSA) is 77.3 Å². The van der Waals surface area contributed by atoms with Crippen LogP contribution < -0.4 is 4.90 Å². The van der Waals surface area contributed by atoms with Gasteiger partial charge in [0.25, 0.3) is 5.91 Å². The molecule has 0 radical (unpaired) electrons. The van der Waals surface area contributed by atoms with Crippen LogP contribution in [0, 0.1) is 6.92 Å². The van der Waals surface area contributed by atoms with E-state index in [1.807, 2.05) is 6.07 Å². The lowest BCUT2D eigenvalue weighted by Gasteiger charge is -2.21. The first-order chi connectivity index (χ1) is 14.6. The molecule has 3 rings (SSSR count). The fraction of sp³-hybridized carbons (Fsp3) is 0.238. The molecule has 7 nitrogen and oxygen atoms in total. The Kier molecular flexibility index (Phi) is 6.09. The third-order valence-corrected chi connectivity index (χ3v) is 4.63. The summed E-state index contributed by atoms with van der Waals surface area (Å²) < 4.78 is 44.6. The van der Waals surface area contributed by atoms with Gasteiger partial charge < -0.3 is 9.64 Å². The van der Waals surface area contributed by atoms with Crippen LogP contribution in [0.25, 0.3) is 5.82 Å². The average molecular weight is 432 g/mol. The van der Waals surface area contributed by atoms with Gasteiger partial charge in [-0.2, -0.15) is 18.3 Å². The molecule has 1 unspecified atom stereocenters. The number of para-hydroxylation sites is 1. The number of carbonyl (C=O) groups excluding carboxylic acids is 2. The minimum atomic E-state index is -4.50. The fourth-order valence-electron chi connectivity index (χ4n) is 2.85. The fourth-order valence-corrected chi connectivity index (χ4v) is 2.85. The van der Waals surface area contributed by atoms with Crippen molar-refractivity contribution in [3.8, 4) is 5.82 Å². The van der Waals surface area contributed by atoms with Crippen molar-refractivity contribution in [2.75, 3.05) is 11.9 Å². The van der Waals surface area contributed by atoms with E-state index >= 15 is 0 Å². The number of benzene rings is 1. The summed E-state index contributed by atoms with van der Waals surface area (Å²) in [6.07, 6.45) is -3.66. The molecule has 3 aromatic rings. The van der Waals surface area contributed by atoms with E-state index in [0.717, 1.165) is 12.1 Å². The number of anilines is 1. The van der Waals surface area contributed by atoms with Crippen molar-refractivity contribution in [2.45, 2.75) is 26.1 Å². The van der Waals surface area contributed by atoms with Gasteiger partial charge in [0.2, 0.25) is 0 Å². The van der Waals surface area contributed by atoms with Gasteiger partial charge >= 0.3 is 12.1 Å². The molecule has 0 saturated carbocycles. The molecule has 1 atom stereocenters. The number of hydrogen-bond donors (Lipinski definition) is 0. The Morgan fingerprint density at radius 3 is 2.35 bits per heavy atom. The summed E-state index contributed by atoms with van der Waals surface area (Å²) in [5, 5.41) is 4.01. The largest absolute Gasteiger partial charge is 0.449 e. The van der Waals surface area contributed by atoms with E-state index in [-0.39, 0.29) is 11.4 Å². The summed E-state index contributed by atoms with van der Waals surface area (Å²) in [4.78, 5) is 30.3. The zero-order chi connectivity index (χ0) is 22.8. The third kappa shape index (κ3) is 4.73. The van der Waals surface area contributed by atoms with Crippen molar-refractivity contribution < 1.29 is 27.5 Å². The number of halogens is 3. The molecule has 2 aromatic heterocycles. The molecule has 0 N–H and O–H groups in total. The quantitative estimate of drug-likeness (QED) is 0.573. The van der Waals surface area contributed by atoms with Crippen molar-refractivity contribution in [3.63, 3.8) is 0 Å². The van der Waals surface area contributed by atoms with E-state index in [4.69, 9.17) is 4.74 Å². The molecule has 0 bridgehead atoms. The molecular formula is C21H19F3N4O3. The minimum absolute atomic E-state index is 0.0729. The van der Waals surface area contributed by atoms with Crippen LogP contribution in [-0.2, 0) is 15.7 Å². The van der Waals surface area contributed by atoms with E-state index < -0.39 is 29.7 Å². The molecule has 10 heteroatoms. The van der Waals surface area contributed by atoms with Gasteiger partial charge in [-0.15, -0.1) is 0 Å². The number of likely N-dealkylation sites (N-methyl/N-ethyl adjacent to an activating group) is 1. The summed E-state index contributed by atoms with van der Waals surface area (Å²) in [5.41, 5.74) is 0.139. The highest BCUT2D eigenvalue weighted by Gasteiger charge is 2.31. The molecule has 0 aliphatic carbocycles. The van der Waals surface area contributed by atoms with Gasteiger partial charge in [0.05, 0.1) is 17.5 Å². The van der Waals surface area contributed by atoms with Crippen LogP contribution in [-0.4, -0.2) is 39.8 Å². The number of nitrogens with zero attached hydrogens (tertiary/aromatic N) is 4. The lowest BCUT2D eigenvalue weighted by molar-refractivity contribution is -0.137. The molecular weight excluding hydrogens is 413 g/mol. The highest BCUT2D eigenvalue weighted by atomic mass is 19.4. The van der Waals surface area contributed by atoms with Gasteiger partial charge in [-0.3, -0.25) is 4.79 Å². The standard InChI is InChI=1S/C21H19F3N4O3/c1-13-17(12-26-28(13)18-10-9-15(11-25-18)21(22,23)24)20(30)31-14(2)19(29)27(3)16-7-5-4-6-8-16/h4-12,14H,1-3H3. The SMILES string of the molecule is Cc1c(C(=O)OC(C)C(=O)N(C)c2ccccc2)cnn1-c1ccc(C(F)(F)F)cn1. The van der Waals surface area contributed by atoms with Crippen molar-refractivity contribution in [3.05, 3.63) is 71.7 Å². The molecule has 0 fully saturated rings. The Bertz CT molecular complexity index is 1080. The molecule has 0 spiro atoms. The third-order valence-electron chi connectivity index (χ3n) is 4.63. The zero-order valence-corrected chi connectivity index (χ0v) is 16.9. The molecule has 162 valence electrons. The van der Waals surface area contributed by atoms with E-state index in [0.29, 0.717) is 17.6 Å². The van der Waals surface area contributed by atoms with Crippen LogP contribution in [0.3, 0.4) is 0 Å². The molecule has 1 amide bonds. The summed E-state index contributed by atoms with van der Waals surface area (Å²) >= 11 is 0. The van der Waals surface area contributed by atoms with Crippen LogP contribution in [0.1, 0.15) is 28.5 Å². The molecule has 0 saturated heterocycles. The van der Waals surface area contributed by atoms with E-state index in [1.165, 1.54) is 22.7 Å². The van der Waals surface area contributed by atoms with Crippen LogP contribution in [0.2, 0.25) is 0 Å². The Hall–Kier alpha value is -3.69. The lowest BCUT2D eigenvalue weighted by Crippen LogP contribution is -2.37. The number of ether oxygens (including phenoxy) is 1. The summed E-state index contributed by atoms with van der Waals surface area (Å²) in [5.74, 6) is -1.09. The number of rotatable bonds is 5. The Labute approximate surface area is 176 Å². The Morgan fingerprint density at radius 1 is 1.10 bits per heavy atom. The zero-order valence-electron chi connectivity index (χ0n) is 16.9. The highest BCUT2D eigenvalue weighted by Crippen LogP contribution is 2.29. The predicted molar refractivity (Wildman–Crippen MR) is 106 cm³/mol. The first-order valence-corrected chi connectivity index (χ1v) is 9.21. The second-order valence-corrected chi connectivity index (χ2v) is 6.74. The van der Waals surface area contributed by atoms with E-state index in [1.54, 1.807) is 38.2 Å². The first-order valence-electron chi connectivity index (χ1n) is 9.21.